The highest BCUT2D eigenvalue weighted by molar-refractivity contribution is 5.85. The van der Waals surface area contributed by atoms with Gasteiger partial charge in [0.2, 0.25) is 5.91 Å². The largest absolute Gasteiger partial charge is 0.357 e. The van der Waals surface area contributed by atoms with Crippen LogP contribution in [0.25, 0.3) is 0 Å². The van der Waals surface area contributed by atoms with Gasteiger partial charge < -0.3 is 15.5 Å². The van der Waals surface area contributed by atoms with Crippen LogP contribution >= 0.6 is 0 Å². The second kappa shape index (κ2) is 7.92. The lowest BCUT2D eigenvalue weighted by Crippen LogP contribution is -2.39. The summed E-state index contributed by atoms with van der Waals surface area (Å²) in [5.74, 6) is 0.873. The van der Waals surface area contributed by atoms with Crippen molar-refractivity contribution in [2.45, 2.75) is 33.1 Å². The highest BCUT2D eigenvalue weighted by Gasteiger charge is 2.17. The minimum atomic E-state index is 0.135. The number of carbonyl (C=O) groups excluding carboxylic acids is 1. The minimum Gasteiger partial charge on any atom is -0.357 e. The van der Waals surface area contributed by atoms with E-state index in [0.717, 1.165) is 51.4 Å². The lowest BCUT2D eigenvalue weighted by atomic mass is 10.4. The monoisotopic (exact) mass is 240 g/mol. The van der Waals surface area contributed by atoms with Crippen molar-refractivity contribution in [3.8, 4) is 0 Å². The standard InChI is InChI=1S/C12H24N4O/c1-3-7-14-12(13-4-2)15-10-11(17)16-8-5-6-9-16/h3-10H2,1-2H3,(H2,13,14,15). The molecule has 0 spiro atoms. The van der Waals surface area contributed by atoms with Gasteiger partial charge in [-0.2, -0.15) is 0 Å². The van der Waals surface area contributed by atoms with E-state index in [-0.39, 0.29) is 12.5 Å². The highest BCUT2D eigenvalue weighted by atomic mass is 16.2. The third-order valence-electron chi connectivity index (χ3n) is 2.72. The molecule has 1 rings (SSSR count). The quantitative estimate of drug-likeness (QED) is 0.546. The van der Waals surface area contributed by atoms with E-state index in [2.05, 4.69) is 22.5 Å². The van der Waals surface area contributed by atoms with E-state index in [9.17, 15) is 4.79 Å². The van der Waals surface area contributed by atoms with Crippen molar-refractivity contribution in [1.29, 1.82) is 0 Å². The van der Waals surface area contributed by atoms with Crippen LogP contribution in [0, 0.1) is 0 Å². The zero-order valence-electron chi connectivity index (χ0n) is 11.0. The van der Waals surface area contributed by atoms with Crippen molar-refractivity contribution in [3.63, 3.8) is 0 Å². The summed E-state index contributed by atoms with van der Waals surface area (Å²) in [4.78, 5) is 18.0. The Bertz CT molecular complexity index is 259. The predicted octanol–water partition coefficient (Wildman–Crippen LogP) is 0.574. The molecule has 0 radical (unpaired) electrons. The molecule has 1 heterocycles. The van der Waals surface area contributed by atoms with E-state index in [1.807, 2.05) is 11.8 Å². The van der Waals surface area contributed by atoms with Gasteiger partial charge >= 0.3 is 0 Å². The third-order valence-corrected chi connectivity index (χ3v) is 2.72. The number of nitrogens with one attached hydrogen (secondary N) is 2. The summed E-state index contributed by atoms with van der Waals surface area (Å²) in [5, 5.41) is 6.32. The molecule has 98 valence electrons. The summed E-state index contributed by atoms with van der Waals surface area (Å²) >= 11 is 0. The van der Waals surface area contributed by atoms with Crippen molar-refractivity contribution in [2.75, 3.05) is 32.7 Å². The van der Waals surface area contributed by atoms with Crippen molar-refractivity contribution in [2.24, 2.45) is 4.99 Å². The van der Waals surface area contributed by atoms with E-state index in [1.165, 1.54) is 0 Å². The Kier molecular flexibility index (Phi) is 6.43. The molecule has 0 aromatic carbocycles. The first kappa shape index (κ1) is 13.8. The second-order valence-corrected chi connectivity index (χ2v) is 4.21. The smallest absolute Gasteiger partial charge is 0.244 e. The molecule has 0 aliphatic carbocycles. The van der Waals surface area contributed by atoms with E-state index >= 15 is 0 Å². The molecule has 0 atom stereocenters. The van der Waals surface area contributed by atoms with Gasteiger partial charge in [-0.25, -0.2) is 4.99 Å². The summed E-state index contributed by atoms with van der Waals surface area (Å²) in [6, 6.07) is 0. The summed E-state index contributed by atoms with van der Waals surface area (Å²) in [6.45, 7) is 7.86. The highest BCUT2D eigenvalue weighted by Crippen LogP contribution is 2.07. The number of amides is 1. The maximum Gasteiger partial charge on any atom is 0.244 e. The van der Waals surface area contributed by atoms with Crippen LogP contribution in [0.1, 0.15) is 33.1 Å². The predicted molar refractivity (Wildman–Crippen MR) is 70.1 cm³/mol. The second-order valence-electron chi connectivity index (χ2n) is 4.21. The number of likely N-dealkylation sites (tertiary alicyclic amines) is 1. The van der Waals surface area contributed by atoms with Crippen LogP contribution < -0.4 is 10.6 Å². The fraction of sp³-hybridized carbons (Fsp3) is 0.833. The van der Waals surface area contributed by atoms with Gasteiger partial charge in [-0.15, -0.1) is 0 Å². The zero-order chi connectivity index (χ0) is 12.5. The first-order valence-corrected chi connectivity index (χ1v) is 6.57. The van der Waals surface area contributed by atoms with Gasteiger partial charge in [-0.1, -0.05) is 6.92 Å². The Balaban J connectivity index is 2.37. The molecule has 1 amide bonds. The van der Waals surface area contributed by atoms with Crippen molar-refractivity contribution < 1.29 is 4.79 Å². The van der Waals surface area contributed by atoms with Crippen molar-refractivity contribution in [1.82, 2.24) is 15.5 Å². The molecule has 0 aromatic rings. The van der Waals surface area contributed by atoms with Crippen LogP contribution in [0.15, 0.2) is 4.99 Å². The van der Waals surface area contributed by atoms with E-state index in [4.69, 9.17) is 0 Å². The Labute approximate surface area is 104 Å². The van der Waals surface area contributed by atoms with Crippen LogP contribution in [0.4, 0.5) is 0 Å². The van der Waals surface area contributed by atoms with Crippen LogP contribution in [0.5, 0.6) is 0 Å². The number of carbonyl (C=O) groups is 1. The van der Waals surface area contributed by atoms with Crippen LogP contribution in [0.2, 0.25) is 0 Å². The summed E-state index contributed by atoms with van der Waals surface area (Å²) < 4.78 is 0. The molecule has 0 saturated carbocycles. The SMILES string of the molecule is CCCNC(=NCC(=O)N1CCCC1)NCC. The normalized spacial score (nSPS) is 16.1. The molecular weight excluding hydrogens is 216 g/mol. The maximum atomic E-state index is 11.8. The van der Waals surface area contributed by atoms with E-state index in [1.54, 1.807) is 0 Å². The first-order chi connectivity index (χ1) is 8.27. The molecule has 5 heteroatoms. The molecular formula is C12H24N4O. The van der Waals surface area contributed by atoms with Crippen LogP contribution in [-0.4, -0.2) is 49.5 Å². The number of aliphatic imine (C=N–C) groups is 1. The zero-order valence-corrected chi connectivity index (χ0v) is 11.0. The molecule has 0 unspecified atom stereocenters. The molecule has 1 fully saturated rings. The number of hydrogen-bond acceptors (Lipinski definition) is 2. The molecule has 17 heavy (non-hydrogen) atoms. The van der Waals surface area contributed by atoms with Crippen molar-refractivity contribution >= 4 is 11.9 Å². The molecule has 0 aromatic heterocycles. The molecule has 1 aliphatic rings. The molecule has 1 saturated heterocycles. The fourth-order valence-corrected chi connectivity index (χ4v) is 1.80. The molecule has 5 nitrogen and oxygen atoms in total. The van der Waals surface area contributed by atoms with E-state index in [0.29, 0.717) is 0 Å². The molecule has 0 bridgehead atoms. The number of rotatable bonds is 5. The van der Waals surface area contributed by atoms with Gasteiger partial charge in [0.05, 0.1) is 0 Å². The fourth-order valence-electron chi connectivity index (χ4n) is 1.80. The van der Waals surface area contributed by atoms with Gasteiger partial charge in [-0.3, -0.25) is 4.79 Å². The average Bonchev–Trinajstić information content (AvgIpc) is 2.86. The van der Waals surface area contributed by atoms with Crippen LogP contribution in [0.3, 0.4) is 0 Å². The van der Waals surface area contributed by atoms with Crippen molar-refractivity contribution in [3.05, 3.63) is 0 Å². The Morgan fingerprint density at radius 3 is 2.53 bits per heavy atom. The third kappa shape index (κ3) is 5.06. The van der Waals surface area contributed by atoms with Gasteiger partial charge in [0.25, 0.3) is 0 Å². The Morgan fingerprint density at radius 2 is 1.94 bits per heavy atom. The average molecular weight is 240 g/mol. The molecule has 1 aliphatic heterocycles. The van der Waals surface area contributed by atoms with Gasteiger partial charge in [0.15, 0.2) is 5.96 Å². The Morgan fingerprint density at radius 1 is 1.24 bits per heavy atom. The van der Waals surface area contributed by atoms with E-state index < -0.39 is 0 Å². The van der Waals surface area contributed by atoms with Gasteiger partial charge in [-0.05, 0) is 26.2 Å². The van der Waals surface area contributed by atoms with Gasteiger partial charge in [0.1, 0.15) is 6.54 Å². The lowest BCUT2D eigenvalue weighted by Gasteiger charge is -2.14. The van der Waals surface area contributed by atoms with Crippen LogP contribution in [-0.2, 0) is 4.79 Å². The topological polar surface area (TPSA) is 56.7 Å². The molecule has 2 N–H and O–H groups in total. The first-order valence-electron chi connectivity index (χ1n) is 6.57. The number of hydrogen-bond donors (Lipinski definition) is 2. The summed E-state index contributed by atoms with van der Waals surface area (Å²) in [6.07, 6.45) is 3.30. The minimum absolute atomic E-state index is 0.135. The lowest BCUT2D eigenvalue weighted by molar-refractivity contribution is -0.128. The summed E-state index contributed by atoms with van der Waals surface area (Å²) in [7, 11) is 0. The number of guanidine groups is 1. The maximum absolute atomic E-state index is 11.8. The summed E-state index contributed by atoms with van der Waals surface area (Å²) in [5.41, 5.74) is 0. The Hall–Kier alpha value is -1.26. The number of nitrogens with zero attached hydrogens (tertiary/aromatic N) is 2. The van der Waals surface area contributed by atoms with Gasteiger partial charge in [0, 0.05) is 26.2 Å².